The van der Waals surface area contributed by atoms with Crippen molar-refractivity contribution in [2.75, 3.05) is 0 Å². The molecule has 0 saturated heterocycles. The minimum absolute atomic E-state index is 0.0286. The molecule has 5 rings (SSSR count). The topological polar surface area (TPSA) is 95.4 Å². The third kappa shape index (κ3) is 3.52. The SMILES string of the molecule is CC(=N/N=C1\CC[C@@H]2[C@H]3CC=C4C[C@@H](O)CC[C@]4(C)[C@@H]3CC[C@]12C)c1c(O)cc(C)oc1=O. The summed E-state index contributed by atoms with van der Waals surface area (Å²) >= 11 is 0. The Balaban J connectivity index is 1.42. The molecule has 6 atom stereocenters. The summed E-state index contributed by atoms with van der Waals surface area (Å²) in [7, 11) is 0. The third-order valence-corrected chi connectivity index (χ3v) is 9.56. The van der Waals surface area contributed by atoms with E-state index in [0.717, 1.165) is 50.7 Å². The smallest absolute Gasteiger partial charge is 0.348 e. The van der Waals surface area contributed by atoms with E-state index in [1.807, 2.05) is 0 Å². The van der Waals surface area contributed by atoms with Gasteiger partial charge in [-0.15, -0.1) is 0 Å². The molecule has 6 nitrogen and oxygen atoms in total. The van der Waals surface area contributed by atoms with E-state index in [0.29, 0.717) is 29.2 Å². The lowest BCUT2D eigenvalue weighted by Gasteiger charge is -2.57. The number of hydrogen-bond acceptors (Lipinski definition) is 6. The van der Waals surface area contributed by atoms with Crippen LogP contribution in [0.2, 0.25) is 0 Å². The van der Waals surface area contributed by atoms with Crippen LogP contribution < -0.4 is 5.63 Å². The molecule has 3 fully saturated rings. The van der Waals surface area contributed by atoms with Crippen LogP contribution in [-0.4, -0.2) is 27.7 Å². The van der Waals surface area contributed by atoms with Gasteiger partial charge in [0.2, 0.25) is 0 Å². The molecule has 178 valence electrons. The first-order valence-electron chi connectivity index (χ1n) is 12.5. The summed E-state index contributed by atoms with van der Waals surface area (Å²) in [6, 6.07) is 1.44. The van der Waals surface area contributed by atoms with Gasteiger partial charge >= 0.3 is 5.63 Å². The highest BCUT2D eigenvalue weighted by Crippen LogP contribution is 2.64. The highest BCUT2D eigenvalue weighted by atomic mass is 16.4. The first-order chi connectivity index (χ1) is 15.6. The quantitative estimate of drug-likeness (QED) is 0.369. The molecule has 1 aromatic rings. The van der Waals surface area contributed by atoms with Crippen molar-refractivity contribution in [3.8, 4) is 5.75 Å². The molecule has 0 amide bonds. The van der Waals surface area contributed by atoms with Crippen LogP contribution in [0.5, 0.6) is 5.75 Å². The standard InChI is InChI=1S/C27H36N2O4/c1-15-13-22(31)24(25(32)33-15)16(2)28-29-23-8-7-20-19-6-5-17-14-18(30)9-11-26(17,3)21(19)10-12-27(20,23)4/h5,13,18-21,30-31H,6-12,14H2,1-4H3/b28-16?,29-23+/t18-,19+,20+,21+,26-,27-/m0/s1. The van der Waals surface area contributed by atoms with Crippen molar-refractivity contribution in [3.05, 3.63) is 39.5 Å². The number of aromatic hydroxyl groups is 1. The van der Waals surface area contributed by atoms with E-state index < -0.39 is 5.63 Å². The minimum atomic E-state index is -0.583. The van der Waals surface area contributed by atoms with Gasteiger partial charge in [0.15, 0.2) is 0 Å². The fourth-order valence-electron chi connectivity index (χ4n) is 7.71. The van der Waals surface area contributed by atoms with Crippen LogP contribution in [0.25, 0.3) is 0 Å². The number of aliphatic hydroxyl groups is 1. The van der Waals surface area contributed by atoms with Gasteiger partial charge in [0.1, 0.15) is 17.1 Å². The van der Waals surface area contributed by atoms with Gasteiger partial charge in [-0.1, -0.05) is 25.5 Å². The maximum absolute atomic E-state index is 12.2. The van der Waals surface area contributed by atoms with Crippen molar-refractivity contribution in [2.24, 2.45) is 38.8 Å². The van der Waals surface area contributed by atoms with Crippen LogP contribution in [0.4, 0.5) is 0 Å². The Morgan fingerprint density at radius 3 is 2.64 bits per heavy atom. The van der Waals surface area contributed by atoms with E-state index in [9.17, 15) is 15.0 Å². The largest absolute Gasteiger partial charge is 0.507 e. The Labute approximate surface area is 195 Å². The van der Waals surface area contributed by atoms with Crippen molar-refractivity contribution >= 4 is 11.4 Å². The first-order valence-corrected chi connectivity index (χ1v) is 12.5. The first kappa shape index (κ1) is 22.6. The van der Waals surface area contributed by atoms with Crippen molar-refractivity contribution in [1.29, 1.82) is 0 Å². The van der Waals surface area contributed by atoms with Crippen molar-refractivity contribution < 1.29 is 14.6 Å². The normalized spacial score (nSPS) is 39.6. The highest BCUT2D eigenvalue weighted by molar-refractivity contribution is 6.01. The zero-order valence-corrected chi connectivity index (χ0v) is 20.2. The second kappa shape index (κ2) is 7.93. The van der Waals surface area contributed by atoms with Gasteiger partial charge in [-0.05, 0) is 88.4 Å². The predicted octanol–water partition coefficient (Wildman–Crippen LogP) is 5.14. The van der Waals surface area contributed by atoms with Crippen LogP contribution in [0.1, 0.15) is 83.5 Å². The Kier molecular flexibility index (Phi) is 5.43. The van der Waals surface area contributed by atoms with Crippen LogP contribution in [0.3, 0.4) is 0 Å². The molecule has 0 spiro atoms. The lowest BCUT2D eigenvalue weighted by atomic mass is 9.48. The number of aryl methyl sites for hydroxylation is 1. The molecule has 4 aliphatic rings. The second-order valence-electron chi connectivity index (χ2n) is 11.3. The molecule has 6 heteroatoms. The van der Waals surface area contributed by atoms with Crippen molar-refractivity contribution in [3.63, 3.8) is 0 Å². The number of allylic oxidation sites excluding steroid dienone is 1. The predicted molar refractivity (Wildman–Crippen MR) is 129 cm³/mol. The second-order valence-corrected chi connectivity index (χ2v) is 11.3. The van der Waals surface area contributed by atoms with E-state index in [1.165, 1.54) is 18.1 Å². The highest BCUT2D eigenvalue weighted by Gasteiger charge is 2.57. The lowest BCUT2D eigenvalue weighted by Crippen LogP contribution is -2.50. The molecular weight excluding hydrogens is 416 g/mol. The van der Waals surface area contributed by atoms with Crippen molar-refractivity contribution in [2.45, 2.75) is 85.2 Å². The molecule has 33 heavy (non-hydrogen) atoms. The van der Waals surface area contributed by atoms with E-state index in [-0.39, 0.29) is 28.2 Å². The summed E-state index contributed by atoms with van der Waals surface area (Å²) in [4.78, 5) is 12.2. The monoisotopic (exact) mass is 452 g/mol. The van der Waals surface area contributed by atoms with Crippen LogP contribution in [0.15, 0.2) is 37.1 Å². The fraction of sp³-hybridized carbons (Fsp3) is 0.667. The van der Waals surface area contributed by atoms with Crippen LogP contribution >= 0.6 is 0 Å². The molecule has 2 N–H and O–H groups in total. The summed E-state index contributed by atoms with van der Waals surface area (Å²) in [5.41, 5.74) is 2.77. The van der Waals surface area contributed by atoms with Gasteiger partial charge in [0, 0.05) is 17.2 Å². The summed E-state index contributed by atoms with van der Waals surface area (Å²) in [5, 5.41) is 29.5. The molecule has 0 aliphatic heterocycles. The Hall–Kier alpha value is -2.21. The molecule has 0 bridgehead atoms. The van der Waals surface area contributed by atoms with Crippen LogP contribution in [0, 0.1) is 35.5 Å². The number of aliphatic hydroxyl groups excluding tert-OH is 1. The fourth-order valence-corrected chi connectivity index (χ4v) is 7.71. The van der Waals surface area contributed by atoms with Gasteiger partial charge < -0.3 is 14.6 Å². The van der Waals surface area contributed by atoms with E-state index in [1.54, 1.807) is 13.8 Å². The Morgan fingerprint density at radius 2 is 1.88 bits per heavy atom. The molecule has 0 radical (unpaired) electrons. The zero-order valence-electron chi connectivity index (χ0n) is 20.2. The maximum atomic E-state index is 12.2. The molecular formula is C27H36N2O4. The van der Waals surface area contributed by atoms with E-state index in [2.05, 4.69) is 30.1 Å². The maximum Gasteiger partial charge on any atom is 0.348 e. The Bertz CT molecular complexity index is 1120. The summed E-state index contributed by atoms with van der Waals surface area (Å²) in [5.74, 6) is 2.18. The van der Waals surface area contributed by atoms with Gasteiger partial charge in [0.05, 0.1) is 11.8 Å². The Morgan fingerprint density at radius 1 is 1.15 bits per heavy atom. The molecule has 0 aromatic carbocycles. The van der Waals surface area contributed by atoms with Gasteiger partial charge in [-0.2, -0.15) is 10.2 Å². The molecule has 3 saturated carbocycles. The molecule has 0 unspecified atom stereocenters. The summed E-state index contributed by atoms with van der Waals surface area (Å²) < 4.78 is 5.14. The lowest BCUT2D eigenvalue weighted by molar-refractivity contribution is -0.0209. The number of nitrogens with zero attached hydrogens (tertiary/aromatic N) is 2. The van der Waals surface area contributed by atoms with Crippen LogP contribution in [-0.2, 0) is 0 Å². The zero-order chi connectivity index (χ0) is 23.5. The summed E-state index contributed by atoms with van der Waals surface area (Å²) in [6.45, 7) is 8.13. The number of rotatable bonds is 2. The average molecular weight is 453 g/mol. The van der Waals surface area contributed by atoms with Gasteiger partial charge in [-0.25, -0.2) is 4.79 Å². The molecule has 1 heterocycles. The van der Waals surface area contributed by atoms with E-state index in [4.69, 9.17) is 4.42 Å². The minimum Gasteiger partial charge on any atom is -0.507 e. The number of hydrogen-bond donors (Lipinski definition) is 2. The van der Waals surface area contributed by atoms with E-state index >= 15 is 0 Å². The van der Waals surface area contributed by atoms with Gasteiger partial charge in [-0.3, -0.25) is 0 Å². The molecule has 1 aromatic heterocycles. The van der Waals surface area contributed by atoms with Gasteiger partial charge in [0.25, 0.3) is 0 Å². The average Bonchev–Trinajstić information content (AvgIpc) is 3.08. The number of fused-ring (bicyclic) bond motifs is 5. The molecule has 4 aliphatic carbocycles. The summed E-state index contributed by atoms with van der Waals surface area (Å²) in [6.07, 6.45) is 10.6. The van der Waals surface area contributed by atoms with Crippen molar-refractivity contribution in [1.82, 2.24) is 0 Å². The third-order valence-electron chi connectivity index (χ3n) is 9.56.